The molecule has 0 saturated carbocycles. The zero-order chi connectivity index (χ0) is 14.9. The second-order valence-electron chi connectivity index (χ2n) is 5.01. The molecular formula is C16H12IN5. The van der Waals surface area contributed by atoms with Gasteiger partial charge in [0, 0.05) is 9.27 Å². The molecule has 6 heteroatoms. The van der Waals surface area contributed by atoms with E-state index in [1.165, 1.54) is 3.57 Å². The molecule has 0 radical (unpaired) electrons. The van der Waals surface area contributed by atoms with Crippen molar-refractivity contribution < 1.29 is 0 Å². The van der Waals surface area contributed by atoms with Crippen LogP contribution in [0.1, 0.15) is 17.2 Å². The van der Waals surface area contributed by atoms with E-state index in [0.29, 0.717) is 5.95 Å². The van der Waals surface area contributed by atoms with Crippen LogP contribution in [0.15, 0.2) is 60.7 Å². The molecule has 4 rings (SSSR count). The molecule has 0 aliphatic carbocycles. The molecule has 5 nitrogen and oxygen atoms in total. The van der Waals surface area contributed by atoms with E-state index in [4.69, 9.17) is 0 Å². The molecule has 1 aliphatic heterocycles. The van der Waals surface area contributed by atoms with Gasteiger partial charge in [0.15, 0.2) is 0 Å². The van der Waals surface area contributed by atoms with Crippen LogP contribution >= 0.6 is 22.6 Å². The van der Waals surface area contributed by atoms with Crippen LogP contribution in [0.25, 0.3) is 5.70 Å². The molecule has 3 aromatic rings. The molecule has 1 aromatic heterocycles. The Labute approximate surface area is 141 Å². The lowest BCUT2D eigenvalue weighted by Gasteiger charge is -2.23. The Balaban J connectivity index is 1.81. The van der Waals surface area contributed by atoms with E-state index in [-0.39, 0.29) is 6.04 Å². The number of hydrogen-bond acceptors (Lipinski definition) is 4. The molecule has 0 fully saturated rings. The lowest BCUT2D eigenvalue weighted by atomic mass is 10.0. The highest BCUT2D eigenvalue weighted by Crippen LogP contribution is 2.31. The zero-order valence-electron chi connectivity index (χ0n) is 11.5. The van der Waals surface area contributed by atoms with Gasteiger partial charge in [-0.05, 0) is 62.4 Å². The lowest BCUT2D eigenvalue weighted by Crippen LogP contribution is -2.20. The normalized spacial score (nSPS) is 16.6. The lowest BCUT2D eigenvalue weighted by molar-refractivity contribution is 0.586. The third kappa shape index (κ3) is 2.39. The number of benzene rings is 2. The van der Waals surface area contributed by atoms with Crippen molar-refractivity contribution in [2.24, 2.45) is 0 Å². The summed E-state index contributed by atoms with van der Waals surface area (Å²) in [6.45, 7) is 0. The number of fused-ring (bicyclic) bond motifs is 1. The number of allylic oxidation sites excluding steroid dienone is 1. The van der Waals surface area contributed by atoms with E-state index in [2.05, 4.69) is 85.9 Å². The number of hydrogen-bond donors (Lipinski definition) is 1. The molecular weight excluding hydrogens is 389 g/mol. The first-order valence-electron chi connectivity index (χ1n) is 6.89. The highest BCUT2D eigenvalue weighted by molar-refractivity contribution is 14.1. The molecule has 0 bridgehead atoms. The van der Waals surface area contributed by atoms with Crippen LogP contribution in [0.3, 0.4) is 0 Å². The van der Waals surface area contributed by atoms with Crippen LogP contribution in [-0.4, -0.2) is 20.2 Å². The number of nitrogens with zero attached hydrogens (tertiary/aromatic N) is 4. The Bertz CT molecular complexity index is 823. The predicted molar refractivity (Wildman–Crippen MR) is 93.2 cm³/mol. The van der Waals surface area contributed by atoms with Gasteiger partial charge in [-0.15, -0.1) is 0 Å². The maximum absolute atomic E-state index is 4.10. The van der Waals surface area contributed by atoms with E-state index in [0.717, 1.165) is 16.8 Å². The fourth-order valence-electron chi connectivity index (χ4n) is 2.54. The second kappa shape index (κ2) is 5.53. The van der Waals surface area contributed by atoms with Gasteiger partial charge < -0.3 is 5.32 Å². The van der Waals surface area contributed by atoms with E-state index < -0.39 is 0 Å². The third-order valence-electron chi connectivity index (χ3n) is 3.62. The average molecular weight is 401 g/mol. The summed E-state index contributed by atoms with van der Waals surface area (Å²) in [5, 5.41) is 15.3. The van der Waals surface area contributed by atoms with Gasteiger partial charge in [0.2, 0.25) is 5.95 Å². The number of rotatable bonds is 2. The molecule has 1 atom stereocenters. The maximum Gasteiger partial charge on any atom is 0.248 e. The first kappa shape index (κ1) is 13.4. The summed E-state index contributed by atoms with van der Waals surface area (Å²) >= 11 is 2.30. The van der Waals surface area contributed by atoms with Crippen molar-refractivity contribution in [3.05, 3.63) is 75.4 Å². The van der Waals surface area contributed by atoms with Crippen LogP contribution < -0.4 is 5.32 Å². The van der Waals surface area contributed by atoms with E-state index in [1.54, 1.807) is 4.68 Å². The van der Waals surface area contributed by atoms with Crippen molar-refractivity contribution in [2.75, 3.05) is 5.32 Å². The standard InChI is InChI=1S/C16H12IN5/c17-13-8-6-11(7-9-13)14-10-15(12-4-2-1-3-5-12)22-16(18-14)19-20-21-22/h1-10,15H,(H,18,19,21)/t15-/m0/s1. The fraction of sp³-hybridized carbons (Fsp3) is 0.0625. The largest absolute Gasteiger partial charge is 0.323 e. The minimum Gasteiger partial charge on any atom is -0.323 e. The third-order valence-corrected chi connectivity index (χ3v) is 4.34. The monoisotopic (exact) mass is 401 g/mol. The van der Waals surface area contributed by atoms with Crippen molar-refractivity contribution >= 4 is 34.2 Å². The van der Waals surface area contributed by atoms with Crippen molar-refractivity contribution in [2.45, 2.75) is 6.04 Å². The maximum atomic E-state index is 4.10. The molecule has 22 heavy (non-hydrogen) atoms. The molecule has 2 aromatic carbocycles. The number of anilines is 1. The van der Waals surface area contributed by atoms with Gasteiger partial charge >= 0.3 is 0 Å². The van der Waals surface area contributed by atoms with Crippen LogP contribution in [0.5, 0.6) is 0 Å². The molecule has 2 heterocycles. The molecule has 108 valence electrons. The molecule has 0 unspecified atom stereocenters. The van der Waals surface area contributed by atoms with Crippen LogP contribution in [-0.2, 0) is 0 Å². The number of halogens is 1. The summed E-state index contributed by atoms with van der Waals surface area (Å²) in [7, 11) is 0. The zero-order valence-corrected chi connectivity index (χ0v) is 13.7. The summed E-state index contributed by atoms with van der Waals surface area (Å²) in [6.07, 6.45) is 2.15. The Morgan fingerprint density at radius 1 is 1.00 bits per heavy atom. The second-order valence-corrected chi connectivity index (χ2v) is 6.26. The molecule has 0 saturated heterocycles. The Hall–Kier alpha value is -2.22. The highest BCUT2D eigenvalue weighted by atomic mass is 127. The van der Waals surface area contributed by atoms with Gasteiger partial charge in [-0.25, -0.2) is 0 Å². The van der Waals surface area contributed by atoms with Crippen molar-refractivity contribution in [3.8, 4) is 0 Å². The Morgan fingerprint density at radius 3 is 2.55 bits per heavy atom. The van der Waals surface area contributed by atoms with E-state index in [9.17, 15) is 0 Å². The van der Waals surface area contributed by atoms with Gasteiger partial charge in [-0.3, -0.25) is 0 Å². The molecule has 1 N–H and O–H groups in total. The first-order chi connectivity index (χ1) is 10.8. The van der Waals surface area contributed by atoms with Gasteiger partial charge in [0.1, 0.15) is 6.04 Å². The average Bonchev–Trinajstić information content (AvgIpc) is 3.04. The van der Waals surface area contributed by atoms with Crippen molar-refractivity contribution in [1.82, 2.24) is 20.2 Å². The number of aromatic nitrogens is 4. The van der Waals surface area contributed by atoms with E-state index >= 15 is 0 Å². The minimum atomic E-state index is -0.0123. The highest BCUT2D eigenvalue weighted by Gasteiger charge is 2.23. The van der Waals surface area contributed by atoms with Gasteiger partial charge in [-0.2, -0.15) is 4.68 Å². The topological polar surface area (TPSA) is 55.6 Å². The number of nitrogens with one attached hydrogen (secondary N) is 1. The number of tetrazole rings is 1. The van der Waals surface area contributed by atoms with E-state index in [1.807, 2.05) is 18.2 Å². The molecule has 1 aliphatic rings. The van der Waals surface area contributed by atoms with Crippen LogP contribution in [0.2, 0.25) is 0 Å². The fourth-order valence-corrected chi connectivity index (χ4v) is 2.90. The SMILES string of the molecule is Ic1ccc(C2=C[C@@H](c3ccccc3)n3nnnc3N2)cc1. The summed E-state index contributed by atoms with van der Waals surface area (Å²) in [4.78, 5) is 0. The summed E-state index contributed by atoms with van der Waals surface area (Å²) in [5.41, 5.74) is 3.30. The summed E-state index contributed by atoms with van der Waals surface area (Å²) in [5.74, 6) is 0.657. The van der Waals surface area contributed by atoms with Crippen molar-refractivity contribution in [1.29, 1.82) is 0 Å². The van der Waals surface area contributed by atoms with Crippen LogP contribution in [0.4, 0.5) is 5.95 Å². The van der Waals surface area contributed by atoms with Gasteiger partial charge in [0.25, 0.3) is 0 Å². The van der Waals surface area contributed by atoms with Crippen molar-refractivity contribution in [3.63, 3.8) is 0 Å². The minimum absolute atomic E-state index is 0.0123. The Morgan fingerprint density at radius 2 is 1.77 bits per heavy atom. The first-order valence-corrected chi connectivity index (χ1v) is 7.97. The Kier molecular flexibility index (Phi) is 3.38. The molecule has 0 amide bonds. The predicted octanol–water partition coefficient (Wildman–Crippen LogP) is 3.33. The smallest absolute Gasteiger partial charge is 0.248 e. The van der Waals surface area contributed by atoms with Gasteiger partial charge in [0.05, 0.1) is 0 Å². The molecule has 0 spiro atoms. The van der Waals surface area contributed by atoms with Gasteiger partial charge in [-0.1, -0.05) is 47.6 Å². The summed E-state index contributed by atoms with van der Waals surface area (Å²) < 4.78 is 3.01. The van der Waals surface area contributed by atoms with Crippen LogP contribution in [0, 0.1) is 3.57 Å². The summed E-state index contributed by atoms with van der Waals surface area (Å²) in [6, 6.07) is 18.6. The quantitative estimate of drug-likeness (QED) is 0.670.